The highest BCUT2D eigenvalue weighted by Crippen LogP contribution is 2.31. The maximum absolute atomic E-state index is 5.43. The lowest BCUT2D eigenvalue weighted by Crippen LogP contribution is -2.27. The van der Waals surface area contributed by atoms with E-state index in [0.717, 1.165) is 30.3 Å². The fraction of sp³-hybridized carbons (Fsp3) is 0.800. The van der Waals surface area contributed by atoms with Crippen LogP contribution in [0.25, 0.3) is 0 Å². The summed E-state index contributed by atoms with van der Waals surface area (Å²) in [5.74, 6) is 6.61. The van der Waals surface area contributed by atoms with Gasteiger partial charge in [0.15, 0.2) is 0 Å². The number of hydrogen-bond acceptors (Lipinski definition) is 7. The first-order valence-electron chi connectivity index (χ1n) is 5.75. The molecule has 0 bridgehead atoms. The van der Waals surface area contributed by atoms with E-state index in [0.29, 0.717) is 4.75 Å². The quantitative estimate of drug-likeness (QED) is 0.643. The number of nitrogens with zero attached hydrogens (tertiary/aromatic N) is 3. The summed E-state index contributed by atoms with van der Waals surface area (Å²) in [4.78, 5) is 2.43. The smallest absolute Gasteiger partial charge is 0.148 e. The van der Waals surface area contributed by atoms with Gasteiger partial charge in [-0.25, -0.2) is 5.84 Å². The van der Waals surface area contributed by atoms with Gasteiger partial charge >= 0.3 is 0 Å². The summed E-state index contributed by atoms with van der Waals surface area (Å²) < 4.78 is 4.32. The molecule has 0 unspecified atom stereocenters. The number of anilines is 1. The zero-order valence-electron chi connectivity index (χ0n) is 10.3. The van der Waals surface area contributed by atoms with E-state index in [1.54, 1.807) is 0 Å². The van der Waals surface area contributed by atoms with E-state index in [1.807, 2.05) is 0 Å². The minimum Gasteiger partial charge on any atom is -0.313 e. The SMILES string of the molecule is CC1(C)CCN(Cc2nnsc2NN)CCS1. The summed E-state index contributed by atoms with van der Waals surface area (Å²) in [7, 11) is 0. The van der Waals surface area contributed by atoms with Crippen molar-refractivity contribution < 1.29 is 0 Å². The summed E-state index contributed by atoms with van der Waals surface area (Å²) in [5.41, 5.74) is 3.62. The van der Waals surface area contributed by atoms with Crippen LogP contribution in [-0.4, -0.2) is 38.1 Å². The number of nitrogen functional groups attached to an aromatic ring is 1. The first-order chi connectivity index (χ1) is 8.11. The molecule has 5 nitrogen and oxygen atoms in total. The van der Waals surface area contributed by atoms with Crippen molar-refractivity contribution in [2.24, 2.45) is 5.84 Å². The van der Waals surface area contributed by atoms with Gasteiger partial charge in [0, 0.05) is 35.1 Å². The predicted molar refractivity (Wildman–Crippen MR) is 74.2 cm³/mol. The first-order valence-corrected chi connectivity index (χ1v) is 7.51. The number of nitrogens with one attached hydrogen (secondary N) is 1. The maximum atomic E-state index is 5.43. The fourth-order valence-corrected chi connectivity index (χ4v) is 3.48. The zero-order chi connectivity index (χ0) is 12.3. The molecular weight excluding hydrogens is 254 g/mol. The molecule has 2 heterocycles. The second-order valence-corrected chi connectivity index (χ2v) is 7.38. The van der Waals surface area contributed by atoms with Crippen LogP contribution in [0.4, 0.5) is 5.00 Å². The van der Waals surface area contributed by atoms with Gasteiger partial charge in [-0.3, -0.25) is 4.90 Å². The Morgan fingerprint density at radius 3 is 3.06 bits per heavy atom. The van der Waals surface area contributed by atoms with Crippen LogP contribution in [0.1, 0.15) is 26.0 Å². The highest BCUT2D eigenvalue weighted by molar-refractivity contribution is 8.00. The number of nitrogens with two attached hydrogens (primary N) is 1. The average molecular weight is 273 g/mol. The molecule has 1 aliphatic heterocycles. The Kier molecular flexibility index (Phi) is 4.24. The Morgan fingerprint density at radius 1 is 1.47 bits per heavy atom. The standard InChI is InChI=1S/C10H19N5S2/c1-10(2)3-4-15(5-6-16-10)7-8-9(12-11)17-14-13-8/h12H,3-7,11H2,1-2H3. The molecule has 17 heavy (non-hydrogen) atoms. The van der Waals surface area contributed by atoms with E-state index in [2.05, 4.69) is 45.5 Å². The Bertz CT molecular complexity index is 365. The third kappa shape index (κ3) is 3.54. The summed E-state index contributed by atoms with van der Waals surface area (Å²) >= 11 is 3.37. The summed E-state index contributed by atoms with van der Waals surface area (Å²) in [5, 5.41) is 5.00. The molecule has 96 valence electrons. The fourth-order valence-electron chi connectivity index (χ4n) is 1.85. The minimum absolute atomic E-state index is 0.393. The van der Waals surface area contributed by atoms with Crippen molar-refractivity contribution >= 4 is 28.3 Å². The Hall–Kier alpha value is -0.370. The molecule has 7 heteroatoms. The second kappa shape index (κ2) is 5.51. The van der Waals surface area contributed by atoms with Gasteiger partial charge in [0.25, 0.3) is 0 Å². The van der Waals surface area contributed by atoms with E-state index in [-0.39, 0.29) is 0 Å². The molecule has 1 fully saturated rings. The topological polar surface area (TPSA) is 67.1 Å². The molecule has 0 amide bonds. The van der Waals surface area contributed by atoms with Gasteiger partial charge in [-0.2, -0.15) is 11.8 Å². The van der Waals surface area contributed by atoms with E-state index in [9.17, 15) is 0 Å². The molecule has 0 aromatic carbocycles. The molecule has 0 saturated carbocycles. The van der Waals surface area contributed by atoms with E-state index >= 15 is 0 Å². The van der Waals surface area contributed by atoms with Crippen LogP contribution < -0.4 is 11.3 Å². The molecule has 0 atom stereocenters. The van der Waals surface area contributed by atoms with Gasteiger partial charge in [-0.1, -0.05) is 18.3 Å². The Morgan fingerprint density at radius 2 is 2.29 bits per heavy atom. The molecule has 2 rings (SSSR count). The number of hydrogen-bond donors (Lipinski definition) is 2. The van der Waals surface area contributed by atoms with Crippen molar-refractivity contribution in [2.45, 2.75) is 31.6 Å². The molecule has 0 spiro atoms. The van der Waals surface area contributed by atoms with Gasteiger partial charge in [0.1, 0.15) is 10.7 Å². The molecular formula is C10H19N5S2. The van der Waals surface area contributed by atoms with Crippen molar-refractivity contribution in [3.63, 3.8) is 0 Å². The third-order valence-corrected chi connectivity index (χ3v) is 5.06. The highest BCUT2D eigenvalue weighted by atomic mass is 32.2. The molecule has 1 aromatic heterocycles. The predicted octanol–water partition coefficient (Wildman–Crippen LogP) is 1.54. The van der Waals surface area contributed by atoms with E-state index in [1.165, 1.54) is 23.7 Å². The van der Waals surface area contributed by atoms with Crippen LogP contribution >= 0.6 is 23.3 Å². The van der Waals surface area contributed by atoms with Crippen molar-refractivity contribution in [1.29, 1.82) is 0 Å². The number of thioether (sulfide) groups is 1. The van der Waals surface area contributed by atoms with Crippen LogP contribution in [-0.2, 0) is 6.54 Å². The van der Waals surface area contributed by atoms with Crippen LogP contribution in [0.3, 0.4) is 0 Å². The molecule has 0 radical (unpaired) electrons. The summed E-state index contributed by atoms with van der Waals surface area (Å²) in [6.45, 7) is 7.70. The molecule has 0 aliphatic carbocycles. The van der Waals surface area contributed by atoms with Crippen molar-refractivity contribution in [3.8, 4) is 0 Å². The zero-order valence-corrected chi connectivity index (χ0v) is 11.9. The van der Waals surface area contributed by atoms with Crippen LogP contribution in [0, 0.1) is 0 Å². The summed E-state index contributed by atoms with van der Waals surface area (Å²) in [6.07, 6.45) is 1.21. The molecule has 3 N–H and O–H groups in total. The number of rotatable bonds is 3. The maximum Gasteiger partial charge on any atom is 0.148 e. The highest BCUT2D eigenvalue weighted by Gasteiger charge is 2.24. The van der Waals surface area contributed by atoms with Gasteiger partial charge < -0.3 is 5.43 Å². The molecule has 1 saturated heterocycles. The van der Waals surface area contributed by atoms with Crippen molar-refractivity contribution in [1.82, 2.24) is 14.5 Å². The van der Waals surface area contributed by atoms with Crippen LogP contribution in [0.5, 0.6) is 0 Å². The van der Waals surface area contributed by atoms with Gasteiger partial charge in [0.2, 0.25) is 0 Å². The number of aromatic nitrogens is 2. The van der Waals surface area contributed by atoms with Gasteiger partial charge in [0.05, 0.1) is 0 Å². The van der Waals surface area contributed by atoms with Crippen LogP contribution in [0.15, 0.2) is 0 Å². The van der Waals surface area contributed by atoms with E-state index in [4.69, 9.17) is 5.84 Å². The third-order valence-electron chi connectivity index (χ3n) is 2.99. The minimum atomic E-state index is 0.393. The van der Waals surface area contributed by atoms with Gasteiger partial charge in [-0.05, 0) is 13.0 Å². The largest absolute Gasteiger partial charge is 0.313 e. The Labute approximate surface area is 110 Å². The lowest BCUT2D eigenvalue weighted by atomic mass is 10.1. The lowest BCUT2D eigenvalue weighted by molar-refractivity contribution is 0.273. The Balaban J connectivity index is 1.95. The second-order valence-electron chi connectivity index (χ2n) is 4.83. The summed E-state index contributed by atoms with van der Waals surface area (Å²) in [6, 6.07) is 0. The van der Waals surface area contributed by atoms with Crippen LogP contribution in [0.2, 0.25) is 0 Å². The monoisotopic (exact) mass is 273 g/mol. The molecule has 1 aliphatic rings. The van der Waals surface area contributed by atoms with E-state index < -0.39 is 0 Å². The normalized spacial score (nSPS) is 21.1. The van der Waals surface area contributed by atoms with Crippen molar-refractivity contribution in [2.75, 3.05) is 24.3 Å². The lowest BCUT2D eigenvalue weighted by Gasteiger charge is -2.22. The molecule has 1 aromatic rings. The first kappa shape index (κ1) is 13.1. The van der Waals surface area contributed by atoms with Crippen molar-refractivity contribution in [3.05, 3.63) is 5.69 Å². The van der Waals surface area contributed by atoms with Gasteiger partial charge in [-0.15, -0.1) is 5.10 Å². The number of hydrazine groups is 1. The average Bonchev–Trinajstić information content (AvgIpc) is 2.65.